The van der Waals surface area contributed by atoms with Crippen molar-refractivity contribution >= 4 is 61.2 Å². The minimum absolute atomic E-state index is 0.377. The van der Waals surface area contributed by atoms with Gasteiger partial charge in [-0.3, -0.25) is 20.4 Å². The molecule has 2 N–H and O–H groups in total. The highest BCUT2D eigenvalue weighted by molar-refractivity contribution is 7.17. The number of carbonyl (C=O) groups excluding carboxylic acids is 2. The summed E-state index contributed by atoms with van der Waals surface area (Å²) < 4.78 is 0. The molecule has 0 saturated heterocycles. The molecule has 0 spiro atoms. The predicted octanol–water partition coefficient (Wildman–Crippen LogP) is 6.19. The van der Waals surface area contributed by atoms with Gasteiger partial charge in [-0.15, -0.1) is 11.3 Å². The summed E-state index contributed by atoms with van der Waals surface area (Å²) in [4.78, 5) is 35.3. The molecule has 0 bridgehead atoms. The molecule has 2 aromatic heterocycles. The van der Waals surface area contributed by atoms with Gasteiger partial charge in [-0.05, 0) is 42.8 Å². The highest BCUT2D eigenvalue weighted by Crippen LogP contribution is 2.30. The summed E-state index contributed by atoms with van der Waals surface area (Å²) >= 11 is 2.80. The number of rotatable bonds is 6. The Morgan fingerprint density at radius 3 is 2.35 bits per heavy atom. The first-order valence-electron chi connectivity index (χ1n) is 11.5. The number of hydrazone groups is 1. The summed E-state index contributed by atoms with van der Waals surface area (Å²) in [7, 11) is 0. The summed E-state index contributed by atoms with van der Waals surface area (Å²) in [5.74, 6) is -0.791. The van der Waals surface area contributed by atoms with Gasteiger partial charge in [0.1, 0.15) is 0 Å². The van der Waals surface area contributed by atoms with Crippen molar-refractivity contribution in [2.24, 2.45) is 5.10 Å². The Balaban J connectivity index is 1.16. The van der Waals surface area contributed by atoms with Gasteiger partial charge in [0.25, 0.3) is 11.8 Å². The summed E-state index contributed by atoms with van der Waals surface area (Å²) in [6.07, 6.45) is 0. The van der Waals surface area contributed by atoms with Crippen LogP contribution in [-0.4, -0.2) is 32.5 Å². The third kappa shape index (κ3) is 4.26. The molecule has 5 aromatic rings. The molecule has 3 aromatic carbocycles. The van der Waals surface area contributed by atoms with E-state index in [0.717, 1.165) is 26.8 Å². The Morgan fingerprint density at radius 1 is 0.892 bits per heavy atom. The molecular weight excluding hydrogens is 504 g/mol. The highest BCUT2D eigenvalue weighted by atomic mass is 32.1. The van der Waals surface area contributed by atoms with Crippen LogP contribution in [0.5, 0.6) is 0 Å². The average Bonchev–Trinajstić information content (AvgIpc) is 3.61. The molecule has 37 heavy (non-hydrogen) atoms. The maximum absolute atomic E-state index is 12.6. The van der Waals surface area contributed by atoms with Gasteiger partial charge >= 0.3 is 0 Å². The van der Waals surface area contributed by atoms with Crippen LogP contribution in [0.2, 0.25) is 0 Å². The number of hydrogen-bond acceptors (Lipinski definition) is 9. The molecule has 3 heterocycles. The fourth-order valence-electron chi connectivity index (χ4n) is 4.16. The van der Waals surface area contributed by atoms with Crippen molar-refractivity contribution in [3.63, 3.8) is 0 Å². The largest absolute Gasteiger partial charge is 0.280 e. The second kappa shape index (κ2) is 9.23. The number of aryl methyl sites for hydroxylation is 1. The van der Waals surface area contributed by atoms with Crippen molar-refractivity contribution in [3.05, 3.63) is 93.8 Å². The molecule has 182 valence electrons. The van der Waals surface area contributed by atoms with E-state index in [1.807, 2.05) is 31.4 Å². The minimum atomic E-state index is -0.395. The van der Waals surface area contributed by atoms with Crippen LogP contribution in [0.4, 0.5) is 10.3 Å². The topological polar surface area (TPSA) is 99.6 Å². The van der Waals surface area contributed by atoms with Crippen LogP contribution in [0.3, 0.4) is 0 Å². The van der Waals surface area contributed by atoms with Crippen molar-refractivity contribution in [2.45, 2.75) is 13.8 Å². The van der Waals surface area contributed by atoms with E-state index < -0.39 is 11.8 Å². The quantitative estimate of drug-likeness (QED) is 0.156. The molecule has 2 amide bonds. The van der Waals surface area contributed by atoms with Crippen LogP contribution in [0.15, 0.2) is 77.2 Å². The van der Waals surface area contributed by atoms with Crippen LogP contribution < -0.4 is 10.9 Å². The van der Waals surface area contributed by atoms with Gasteiger partial charge in [-0.1, -0.05) is 59.9 Å². The number of thiazole rings is 2. The number of aromatic nitrogens is 2. The van der Waals surface area contributed by atoms with Crippen molar-refractivity contribution in [1.29, 1.82) is 0 Å². The Hall–Kier alpha value is -4.41. The number of hydrazine groups is 1. The molecule has 10 heteroatoms. The molecule has 0 fully saturated rings. The van der Waals surface area contributed by atoms with Crippen LogP contribution in [0.1, 0.15) is 38.2 Å². The first-order valence-corrected chi connectivity index (χ1v) is 13.1. The van der Waals surface area contributed by atoms with E-state index in [4.69, 9.17) is 0 Å². The first kappa shape index (κ1) is 23.0. The minimum Gasteiger partial charge on any atom is -0.267 e. The maximum atomic E-state index is 12.6. The van der Waals surface area contributed by atoms with E-state index in [1.54, 1.807) is 24.3 Å². The zero-order valence-corrected chi connectivity index (χ0v) is 21.5. The van der Waals surface area contributed by atoms with Gasteiger partial charge in [-0.25, -0.2) is 9.97 Å². The van der Waals surface area contributed by atoms with E-state index in [9.17, 15) is 9.59 Å². The van der Waals surface area contributed by atoms with E-state index in [0.29, 0.717) is 27.1 Å². The molecule has 0 radical (unpaired) electrons. The van der Waals surface area contributed by atoms with Gasteiger partial charge in [0.05, 0.1) is 33.1 Å². The number of fused-ring (bicyclic) bond motifs is 2. The lowest BCUT2D eigenvalue weighted by atomic mass is 10.1. The second-order valence-electron chi connectivity index (χ2n) is 8.45. The highest BCUT2D eigenvalue weighted by Gasteiger charge is 2.36. The maximum Gasteiger partial charge on any atom is 0.280 e. The summed E-state index contributed by atoms with van der Waals surface area (Å²) in [6.45, 7) is 3.73. The Labute approximate surface area is 220 Å². The van der Waals surface area contributed by atoms with E-state index in [1.165, 1.54) is 33.4 Å². The number of benzene rings is 3. The lowest BCUT2D eigenvalue weighted by Crippen LogP contribution is -2.35. The fraction of sp³-hybridized carbons (Fsp3) is 0.0741. The van der Waals surface area contributed by atoms with E-state index >= 15 is 0 Å². The molecule has 6 rings (SSSR count). The van der Waals surface area contributed by atoms with Gasteiger partial charge in [0, 0.05) is 10.9 Å². The summed E-state index contributed by atoms with van der Waals surface area (Å²) in [5.41, 5.74) is 10.0. The number of nitrogens with zero attached hydrogens (tertiary/aromatic N) is 4. The Bertz CT molecular complexity index is 1690. The van der Waals surface area contributed by atoms with Crippen molar-refractivity contribution in [2.75, 3.05) is 10.9 Å². The molecule has 0 atom stereocenters. The zero-order chi connectivity index (χ0) is 25.5. The Morgan fingerprint density at radius 2 is 1.59 bits per heavy atom. The van der Waals surface area contributed by atoms with Crippen LogP contribution in [-0.2, 0) is 0 Å². The molecule has 0 aliphatic carbocycles. The molecule has 8 nitrogen and oxygen atoms in total. The van der Waals surface area contributed by atoms with Crippen LogP contribution in [0, 0.1) is 6.92 Å². The number of carbonyl (C=O) groups is 2. The second-order valence-corrected chi connectivity index (χ2v) is 10.3. The molecule has 1 aliphatic heterocycles. The molecule has 1 aliphatic rings. The van der Waals surface area contributed by atoms with Gasteiger partial charge in [-0.2, -0.15) is 10.1 Å². The van der Waals surface area contributed by atoms with Crippen LogP contribution >= 0.6 is 22.7 Å². The normalized spacial score (nSPS) is 13.4. The van der Waals surface area contributed by atoms with Crippen molar-refractivity contribution in [3.8, 4) is 11.3 Å². The van der Waals surface area contributed by atoms with Crippen molar-refractivity contribution in [1.82, 2.24) is 15.0 Å². The van der Waals surface area contributed by atoms with E-state index in [2.05, 4.69) is 56.3 Å². The predicted molar refractivity (Wildman–Crippen MR) is 148 cm³/mol. The monoisotopic (exact) mass is 524 g/mol. The Kier molecular flexibility index (Phi) is 5.74. The summed E-state index contributed by atoms with van der Waals surface area (Å²) in [5, 5.41) is 11.0. The smallest absolute Gasteiger partial charge is 0.267 e. The first-order chi connectivity index (χ1) is 18.0. The molecule has 0 saturated carbocycles. The number of amides is 2. The molecular formula is C27H20N6O2S2. The lowest BCUT2D eigenvalue weighted by Gasteiger charge is -2.13. The number of anilines is 2. The number of imide groups is 1. The van der Waals surface area contributed by atoms with Crippen molar-refractivity contribution < 1.29 is 9.59 Å². The van der Waals surface area contributed by atoms with E-state index in [-0.39, 0.29) is 0 Å². The van der Waals surface area contributed by atoms with Gasteiger partial charge in [0.15, 0.2) is 0 Å². The van der Waals surface area contributed by atoms with Crippen LogP contribution in [0.25, 0.3) is 22.0 Å². The SMILES string of the molecule is CC(=NNc1nc(-c2ccc3ccccc3c2)cs1)c1sc(NN2C(=O)c3ccccc3C2=O)nc1C. The average molecular weight is 525 g/mol. The zero-order valence-electron chi connectivity index (χ0n) is 19.9. The summed E-state index contributed by atoms with van der Waals surface area (Å²) in [6, 6.07) is 21.3. The van der Waals surface area contributed by atoms with Gasteiger partial charge < -0.3 is 0 Å². The van der Waals surface area contributed by atoms with Gasteiger partial charge in [0.2, 0.25) is 10.3 Å². The third-order valence-corrected chi connectivity index (χ3v) is 7.91. The molecule has 0 unspecified atom stereocenters. The lowest BCUT2D eigenvalue weighted by molar-refractivity contribution is 0.0691. The third-order valence-electron chi connectivity index (χ3n) is 6.00. The number of nitrogens with one attached hydrogen (secondary N) is 2. The number of hydrogen-bond donors (Lipinski definition) is 2. The fourth-order valence-corrected chi connectivity index (χ4v) is 5.72. The standard InChI is InChI=1S/C27H20N6O2S2/c1-15-23(37-27(28-15)32-33-24(34)20-9-5-6-10-21(20)25(33)35)16(2)30-31-26-29-22(14-36-26)19-12-11-17-7-3-4-8-18(17)13-19/h3-14H,1-2H3,(H,28,32)(H,29,31).